The first-order valence-corrected chi connectivity index (χ1v) is 19.6. The quantitative estimate of drug-likeness (QED) is 0.202. The molecule has 2 aromatic carbocycles. The monoisotopic (exact) mass is 798 g/mol. The van der Waals surface area contributed by atoms with Gasteiger partial charge in [0.2, 0.25) is 0 Å². The summed E-state index contributed by atoms with van der Waals surface area (Å²) >= 11 is 0. The molecule has 2 saturated heterocycles. The average Bonchev–Trinajstić information content (AvgIpc) is 3.10. The van der Waals surface area contributed by atoms with Crippen molar-refractivity contribution in [2.45, 2.75) is 119 Å². The molecule has 0 radical (unpaired) electrons. The summed E-state index contributed by atoms with van der Waals surface area (Å²) in [5.41, 5.74) is 0.438. The van der Waals surface area contributed by atoms with Crippen LogP contribution in [0.4, 0.5) is 9.59 Å². The van der Waals surface area contributed by atoms with Crippen LogP contribution in [0.5, 0.6) is 11.5 Å². The summed E-state index contributed by atoms with van der Waals surface area (Å²) in [5.74, 6) is -0.104. The number of rotatable bonds is 10. The largest absolute Gasteiger partial charge is 0.478 e. The van der Waals surface area contributed by atoms with Crippen molar-refractivity contribution in [1.82, 2.24) is 19.6 Å². The predicted molar refractivity (Wildman–Crippen MR) is 218 cm³/mol. The van der Waals surface area contributed by atoms with E-state index in [-0.39, 0.29) is 12.2 Å². The van der Waals surface area contributed by atoms with Crippen molar-refractivity contribution in [1.29, 1.82) is 0 Å². The molecule has 1 N–H and O–H groups in total. The highest BCUT2D eigenvalue weighted by Crippen LogP contribution is 2.31. The highest BCUT2D eigenvalue weighted by molar-refractivity contribution is 5.79. The maximum absolute atomic E-state index is 12.2. The van der Waals surface area contributed by atoms with Crippen LogP contribution in [0, 0.1) is 13.8 Å². The molecule has 0 bridgehead atoms. The number of piperazine rings is 2. The predicted octanol–water partition coefficient (Wildman–Crippen LogP) is 6.67. The number of amides is 2. The fourth-order valence-corrected chi connectivity index (χ4v) is 6.12. The number of esters is 1. The number of hydrogen-bond donors (Lipinski definition) is 1. The van der Waals surface area contributed by atoms with Gasteiger partial charge in [0.1, 0.15) is 22.7 Å². The molecule has 14 heteroatoms. The lowest BCUT2D eigenvalue weighted by atomic mass is 10.1. The summed E-state index contributed by atoms with van der Waals surface area (Å²) in [6, 6.07) is 11.8. The van der Waals surface area contributed by atoms with Crippen molar-refractivity contribution in [2.75, 3.05) is 59.5 Å². The number of ether oxygens (including phenoxy) is 5. The van der Waals surface area contributed by atoms with Gasteiger partial charge in [-0.05, 0) is 94.2 Å². The van der Waals surface area contributed by atoms with Crippen LogP contribution in [0.25, 0.3) is 0 Å². The van der Waals surface area contributed by atoms with Gasteiger partial charge < -0.3 is 38.6 Å². The number of nitrogens with zero attached hydrogens (tertiary/aromatic N) is 4. The Morgan fingerprint density at radius 2 is 0.930 bits per heavy atom. The Balaban J connectivity index is 0.000000306. The van der Waals surface area contributed by atoms with Gasteiger partial charge in [-0.25, -0.2) is 19.2 Å². The van der Waals surface area contributed by atoms with Crippen LogP contribution < -0.4 is 9.47 Å². The maximum Gasteiger partial charge on any atom is 0.410 e. The Hall–Kier alpha value is -4.56. The Labute approximate surface area is 339 Å². The Morgan fingerprint density at radius 3 is 1.25 bits per heavy atom. The summed E-state index contributed by atoms with van der Waals surface area (Å²) in [5, 5.41) is 9.38. The van der Waals surface area contributed by atoms with Crippen molar-refractivity contribution in [3.8, 4) is 11.5 Å². The topological polar surface area (TPSA) is 148 Å². The van der Waals surface area contributed by atoms with Crippen LogP contribution in [0.3, 0.4) is 0 Å². The third-order valence-electron chi connectivity index (χ3n) is 9.33. The minimum Gasteiger partial charge on any atom is -0.478 e. The summed E-state index contributed by atoms with van der Waals surface area (Å²) in [7, 11) is 1.36. The van der Waals surface area contributed by atoms with E-state index in [1.165, 1.54) is 7.11 Å². The van der Waals surface area contributed by atoms with E-state index in [0.717, 1.165) is 48.4 Å². The lowest BCUT2D eigenvalue weighted by molar-refractivity contribution is -0.156. The highest BCUT2D eigenvalue weighted by Gasteiger charge is 2.34. The minimum atomic E-state index is -1.31. The first-order chi connectivity index (χ1) is 26.3. The first-order valence-electron chi connectivity index (χ1n) is 19.6. The number of benzene rings is 2. The number of aliphatic carboxylic acids is 1. The molecule has 57 heavy (non-hydrogen) atoms. The van der Waals surface area contributed by atoms with Gasteiger partial charge in [-0.2, -0.15) is 0 Å². The maximum atomic E-state index is 12.2. The van der Waals surface area contributed by atoms with Crippen molar-refractivity contribution < 1.29 is 48.0 Å². The van der Waals surface area contributed by atoms with E-state index in [1.54, 1.807) is 37.5 Å². The number of carboxylic acids is 1. The number of carbonyl (C=O) groups excluding carboxylic acids is 3. The minimum absolute atomic E-state index is 0.267. The van der Waals surface area contributed by atoms with Crippen LogP contribution in [0.15, 0.2) is 36.4 Å². The van der Waals surface area contributed by atoms with E-state index in [9.17, 15) is 24.3 Å². The molecule has 4 rings (SSSR count). The van der Waals surface area contributed by atoms with Crippen molar-refractivity contribution in [2.24, 2.45) is 0 Å². The third kappa shape index (κ3) is 14.4. The zero-order valence-corrected chi connectivity index (χ0v) is 36.4. The summed E-state index contributed by atoms with van der Waals surface area (Å²) in [4.78, 5) is 55.9. The number of hydrogen-bond acceptors (Lipinski definition) is 11. The molecule has 0 aliphatic carbocycles. The van der Waals surface area contributed by atoms with E-state index >= 15 is 0 Å². The fourth-order valence-electron chi connectivity index (χ4n) is 6.12. The van der Waals surface area contributed by atoms with E-state index in [0.29, 0.717) is 50.8 Å². The molecule has 0 atom stereocenters. The number of carbonyl (C=O) groups is 4. The number of methoxy groups -OCH3 is 1. The molecule has 0 saturated carbocycles. The standard InChI is InChI=1S/C22H34N2O5.C21H32N2O5/c1-16-9-8-10-17(18(16)28-22(5,6)19(25)27-7)15-23-11-13-24(14-12-23)20(26)29-21(2,3)4;1-15-8-7-9-16(17(15)27-21(5,6)18(24)25)14-22-10-12-23(13-11-22)19(26)28-20(2,3)4/h8-10H,11-15H2,1-7H3;7-9H,10-14H2,1-6H3,(H,24,25). The molecular weight excluding hydrogens is 732 g/mol. The highest BCUT2D eigenvalue weighted by atomic mass is 16.6. The molecule has 0 spiro atoms. The summed E-state index contributed by atoms with van der Waals surface area (Å²) in [6.45, 7) is 28.2. The van der Waals surface area contributed by atoms with Crippen LogP contribution in [0.1, 0.15) is 91.5 Å². The van der Waals surface area contributed by atoms with E-state index in [1.807, 2.05) is 91.8 Å². The summed E-state index contributed by atoms with van der Waals surface area (Å²) in [6.07, 6.45) is -0.550. The molecule has 2 aliphatic heterocycles. The van der Waals surface area contributed by atoms with Crippen molar-refractivity contribution >= 4 is 24.1 Å². The lowest BCUT2D eigenvalue weighted by Crippen LogP contribution is -2.49. The average molecular weight is 799 g/mol. The zero-order valence-electron chi connectivity index (χ0n) is 36.4. The lowest BCUT2D eigenvalue weighted by Gasteiger charge is -2.36. The van der Waals surface area contributed by atoms with Gasteiger partial charge in [0.15, 0.2) is 11.2 Å². The molecular formula is C43H66N4O10. The number of para-hydroxylation sites is 2. The van der Waals surface area contributed by atoms with Crippen LogP contribution in [0.2, 0.25) is 0 Å². The van der Waals surface area contributed by atoms with Crippen LogP contribution >= 0.6 is 0 Å². The van der Waals surface area contributed by atoms with Gasteiger partial charge in [0.25, 0.3) is 0 Å². The number of aryl methyl sites for hydroxylation is 2. The molecule has 2 amide bonds. The van der Waals surface area contributed by atoms with Crippen LogP contribution in [-0.4, -0.2) is 131 Å². The van der Waals surface area contributed by atoms with Gasteiger partial charge in [0.05, 0.1) is 7.11 Å². The fraction of sp³-hybridized carbons (Fsp3) is 0.628. The smallest absolute Gasteiger partial charge is 0.410 e. The SMILES string of the molecule is COC(=O)C(C)(C)Oc1c(C)cccc1CN1CCN(C(=O)OC(C)(C)C)CC1.Cc1cccc(CN2CCN(C(=O)OC(C)(C)C)CC2)c1OC(C)(C)C(=O)O. The second kappa shape index (κ2) is 19.3. The van der Waals surface area contributed by atoms with Crippen molar-refractivity contribution in [3.05, 3.63) is 58.7 Å². The number of carboxylic acid groups (broad SMARTS) is 1. The van der Waals surface area contributed by atoms with E-state index in [4.69, 9.17) is 23.7 Å². The van der Waals surface area contributed by atoms with E-state index < -0.39 is 34.3 Å². The second-order valence-electron chi connectivity index (χ2n) is 17.6. The normalized spacial score (nSPS) is 15.9. The molecule has 0 unspecified atom stereocenters. The van der Waals surface area contributed by atoms with Gasteiger partial charge in [-0.15, -0.1) is 0 Å². The van der Waals surface area contributed by atoms with Gasteiger partial charge >= 0.3 is 24.1 Å². The van der Waals surface area contributed by atoms with Gasteiger partial charge in [-0.1, -0.05) is 36.4 Å². The Bertz CT molecular complexity index is 1700. The van der Waals surface area contributed by atoms with E-state index in [2.05, 4.69) is 9.80 Å². The first kappa shape index (κ1) is 46.8. The van der Waals surface area contributed by atoms with Crippen LogP contribution in [-0.2, 0) is 36.9 Å². The molecule has 0 aromatic heterocycles. The molecule has 2 aromatic rings. The Kier molecular flexibility index (Phi) is 15.8. The summed E-state index contributed by atoms with van der Waals surface area (Å²) < 4.78 is 27.7. The molecule has 14 nitrogen and oxygen atoms in total. The molecule has 318 valence electrons. The third-order valence-corrected chi connectivity index (χ3v) is 9.33. The Morgan fingerprint density at radius 1 is 0.579 bits per heavy atom. The van der Waals surface area contributed by atoms with Gasteiger partial charge in [-0.3, -0.25) is 9.80 Å². The zero-order chi connectivity index (χ0) is 42.9. The molecule has 2 fully saturated rings. The molecule has 2 aliphatic rings. The second-order valence-corrected chi connectivity index (χ2v) is 17.6. The van der Waals surface area contributed by atoms with Crippen molar-refractivity contribution in [3.63, 3.8) is 0 Å². The molecule has 2 heterocycles. The van der Waals surface area contributed by atoms with Gasteiger partial charge in [0, 0.05) is 76.6 Å².